The Bertz CT molecular complexity index is 779. The van der Waals surface area contributed by atoms with Crippen LogP contribution in [0.15, 0.2) is 52.8 Å². The van der Waals surface area contributed by atoms with Crippen molar-refractivity contribution in [2.45, 2.75) is 38.8 Å². The van der Waals surface area contributed by atoms with Crippen molar-refractivity contribution in [3.05, 3.63) is 58.3 Å². The van der Waals surface area contributed by atoms with E-state index in [-0.39, 0.29) is 29.9 Å². The molecule has 2 heterocycles. The lowest BCUT2D eigenvalue weighted by Gasteiger charge is -2.25. The Hall–Kier alpha value is -1.65. The highest BCUT2D eigenvalue weighted by atomic mass is 127. The Balaban J connectivity index is 0.00000341. The lowest BCUT2D eigenvalue weighted by Crippen LogP contribution is -2.40. The van der Waals surface area contributed by atoms with Crippen LogP contribution in [0.1, 0.15) is 42.7 Å². The molecule has 0 aliphatic carbocycles. The zero-order chi connectivity index (χ0) is 21.0. The van der Waals surface area contributed by atoms with Crippen LogP contribution < -0.4 is 16.0 Å². The highest BCUT2D eigenvalue weighted by Crippen LogP contribution is 2.28. The number of carbonyl (C=O) groups excluding carboxylic acids is 1. The molecule has 0 bridgehead atoms. The summed E-state index contributed by atoms with van der Waals surface area (Å²) in [6.45, 7) is 6.97. The third kappa shape index (κ3) is 8.78. The Morgan fingerprint density at radius 2 is 1.87 bits per heavy atom. The van der Waals surface area contributed by atoms with Crippen molar-refractivity contribution in [3.63, 3.8) is 0 Å². The minimum absolute atomic E-state index is 0. The summed E-state index contributed by atoms with van der Waals surface area (Å²) >= 11 is 1.80. The van der Waals surface area contributed by atoms with Crippen LogP contribution in [0.4, 0.5) is 0 Å². The number of carbonyl (C=O) groups is 1. The van der Waals surface area contributed by atoms with Gasteiger partial charge in [0, 0.05) is 30.9 Å². The van der Waals surface area contributed by atoms with Crippen LogP contribution in [-0.4, -0.2) is 49.5 Å². The van der Waals surface area contributed by atoms with Crippen LogP contribution in [-0.2, 0) is 11.3 Å². The van der Waals surface area contributed by atoms with Crippen LogP contribution in [0.5, 0.6) is 0 Å². The van der Waals surface area contributed by atoms with Gasteiger partial charge in [0.15, 0.2) is 5.96 Å². The van der Waals surface area contributed by atoms with Crippen LogP contribution in [0.2, 0.25) is 0 Å². The van der Waals surface area contributed by atoms with Gasteiger partial charge in [0.2, 0.25) is 5.91 Å². The fourth-order valence-corrected chi connectivity index (χ4v) is 4.47. The highest BCUT2D eigenvalue weighted by molar-refractivity contribution is 14.0. The molecule has 1 fully saturated rings. The van der Waals surface area contributed by atoms with Gasteiger partial charge >= 0.3 is 0 Å². The standard InChI is InChI=1S/C23H33N5OS.HI/c1-2-24-23(25-13-12-22(29)26-17-19-9-4-3-5-10-19)27-18-20(21-11-8-16-30-21)28-14-6-7-15-28;/h3-5,8-11,16,20H,2,6-7,12-15,17-18H2,1H3,(H,26,29)(H2,24,25,27);1H. The SMILES string of the molecule is CCNC(=NCC(c1cccs1)N1CCCC1)NCCC(=O)NCc1ccccc1.I. The molecule has 1 saturated heterocycles. The van der Waals surface area contributed by atoms with Gasteiger partial charge in [0.05, 0.1) is 12.6 Å². The van der Waals surface area contributed by atoms with Crippen molar-refractivity contribution in [1.29, 1.82) is 0 Å². The second-order valence-corrected chi connectivity index (χ2v) is 8.41. The molecule has 1 aliphatic heterocycles. The first-order valence-corrected chi connectivity index (χ1v) is 11.7. The number of amides is 1. The molecule has 1 aliphatic rings. The minimum atomic E-state index is 0. The molecule has 6 nitrogen and oxygen atoms in total. The number of nitrogens with zero attached hydrogens (tertiary/aromatic N) is 2. The third-order valence-electron chi connectivity index (χ3n) is 5.20. The van der Waals surface area contributed by atoms with E-state index in [1.807, 2.05) is 30.3 Å². The van der Waals surface area contributed by atoms with E-state index in [9.17, 15) is 4.79 Å². The molecule has 1 unspecified atom stereocenters. The normalized spacial score (nSPS) is 15.2. The largest absolute Gasteiger partial charge is 0.357 e. The summed E-state index contributed by atoms with van der Waals surface area (Å²) in [4.78, 5) is 20.9. The first-order valence-electron chi connectivity index (χ1n) is 10.9. The Morgan fingerprint density at radius 1 is 1.10 bits per heavy atom. The zero-order valence-corrected chi connectivity index (χ0v) is 21.3. The number of halogens is 1. The number of hydrogen-bond donors (Lipinski definition) is 3. The second-order valence-electron chi connectivity index (χ2n) is 7.43. The van der Waals surface area contributed by atoms with E-state index < -0.39 is 0 Å². The molecule has 3 N–H and O–H groups in total. The average Bonchev–Trinajstić information content (AvgIpc) is 3.48. The van der Waals surface area contributed by atoms with Crippen molar-refractivity contribution < 1.29 is 4.79 Å². The number of likely N-dealkylation sites (tertiary alicyclic amines) is 1. The quantitative estimate of drug-likeness (QED) is 0.237. The lowest BCUT2D eigenvalue weighted by atomic mass is 10.2. The summed E-state index contributed by atoms with van der Waals surface area (Å²) < 4.78 is 0. The number of thiophene rings is 1. The first kappa shape index (κ1) is 25.6. The van der Waals surface area contributed by atoms with E-state index >= 15 is 0 Å². The predicted octanol–water partition coefficient (Wildman–Crippen LogP) is 3.76. The minimum Gasteiger partial charge on any atom is -0.357 e. The van der Waals surface area contributed by atoms with Crippen molar-refractivity contribution in [2.75, 3.05) is 32.7 Å². The lowest BCUT2D eigenvalue weighted by molar-refractivity contribution is -0.121. The van der Waals surface area contributed by atoms with Gasteiger partial charge in [-0.05, 0) is 49.9 Å². The number of guanidine groups is 1. The molecule has 1 amide bonds. The van der Waals surface area contributed by atoms with Crippen LogP contribution >= 0.6 is 35.3 Å². The molecular weight excluding hydrogens is 521 g/mol. The van der Waals surface area contributed by atoms with Gasteiger partial charge in [-0.15, -0.1) is 35.3 Å². The van der Waals surface area contributed by atoms with E-state index in [1.165, 1.54) is 17.7 Å². The second kappa shape index (κ2) is 14.4. The smallest absolute Gasteiger partial charge is 0.222 e. The molecule has 3 rings (SSSR count). The molecule has 8 heteroatoms. The number of nitrogens with one attached hydrogen (secondary N) is 3. The summed E-state index contributed by atoms with van der Waals surface area (Å²) in [6.07, 6.45) is 2.95. The number of benzene rings is 1. The Morgan fingerprint density at radius 3 is 2.55 bits per heavy atom. The topological polar surface area (TPSA) is 68.8 Å². The first-order chi connectivity index (χ1) is 14.8. The van der Waals surface area contributed by atoms with E-state index in [1.54, 1.807) is 11.3 Å². The van der Waals surface area contributed by atoms with Gasteiger partial charge < -0.3 is 16.0 Å². The molecule has 1 atom stereocenters. The number of hydrogen-bond acceptors (Lipinski definition) is 4. The van der Waals surface area contributed by atoms with Gasteiger partial charge in [-0.25, -0.2) is 0 Å². The molecule has 1 aromatic carbocycles. The third-order valence-corrected chi connectivity index (χ3v) is 6.17. The van der Waals surface area contributed by atoms with Gasteiger partial charge in [-0.3, -0.25) is 14.7 Å². The van der Waals surface area contributed by atoms with E-state index in [2.05, 4.69) is 45.3 Å². The molecule has 0 spiro atoms. The van der Waals surface area contributed by atoms with E-state index in [0.717, 1.165) is 37.7 Å². The van der Waals surface area contributed by atoms with Crippen molar-refractivity contribution in [2.24, 2.45) is 4.99 Å². The number of aliphatic imine (C=N–C) groups is 1. The fourth-order valence-electron chi connectivity index (χ4n) is 3.62. The van der Waals surface area contributed by atoms with Gasteiger partial charge in [0.25, 0.3) is 0 Å². The van der Waals surface area contributed by atoms with Gasteiger partial charge in [0.1, 0.15) is 0 Å². The molecule has 1 aromatic heterocycles. The summed E-state index contributed by atoms with van der Waals surface area (Å²) in [5.41, 5.74) is 1.11. The maximum atomic E-state index is 12.1. The van der Waals surface area contributed by atoms with Crippen LogP contribution in [0, 0.1) is 0 Å². The molecule has 170 valence electrons. The maximum Gasteiger partial charge on any atom is 0.222 e. The highest BCUT2D eigenvalue weighted by Gasteiger charge is 2.24. The number of rotatable bonds is 10. The summed E-state index contributed by atoms with van der Waals surface area (Å²) in [7, 11) is 0. The van der Waals surface area contributed by atoms with Gasteiger partial charge in [-0.2, -0.15) is 0 Å². The Kier molecular flexibility index (Phi) is 11.9. The van der Waals surface area contributed by atoms with E-state index in [0.29, 0.717) is 25.6 Å². The van der Waals surface area contributed by atoms with Crippen molar-refractivity contribution >= 4 is 47.2 Å². The molecule has 0 radical (unpaired) electrons. The van der Waals surface area contributed by atoms with Gasteiger partial charge in [-0.1, -0.05) is 36.4 Å². The molecule has 31 heavy (non-hydrogen) atoms. The maximum absolute atomic E-state index is 12.1. The molecule has 2 aromatic rings. The van der Waals surface area contributed by atoms with Crippen molar-refractivity contribution in [1.82, 2.24) is 20.9 Å². The van der Waals surface area contributed by atoms with Crippen molar-refractivity contribution in [3.8, 4) is 0 Å². The average molecular weight is 556 g/mol. The predicted molar refractivity (Wildman–Crippen MR) is 140 cm³/mol. The van der Waals surface area contributed by atoms with E-state index in [4.69, 9.17) is 4.99 Å². The molecule has 0 saturated carbocycles. The molecular formula is C23H34IN5OS. The summed E-state index contributed by atoms with van der Waals surface area (Å²) in [5.74, 6) is 0.810. The monoisotopic (exact) mass is 555 g/mol. The van der Waals surface area contributed by atoms with Crippen LogP contribution in [0.25, 0.3) is 0 Å². The summed E-state index contributed by atoms with van der Waals surface area (Å²) in [6, 6.07) is 14.6. The Labute approximate surface area is 206 Å². The zero-order valence-electron chi connectivity index (χ0n) is 18.2. The van der Waals surface area contributed by atoms with Crippen LogP contribution in [0.3, 0.4) is 0 Å². The summed E-state index contributed by atoms with van der Waals surface area (Å²) in [5, 5.41) is 11.7. The fraction of sp³-hybridized carbons (Fsp3) is 0.478.